The van der Waals surface area contributed by atoms with Crippen LogP contribution in [0.15, 0.2) is 64.7 Å². The first-order valence-corrected chi connectivity index (χ1v) is 8.43. The van der Waals surface area contributed by atoms with Gasteiger partial charge in [-0.05, 0) is 6.07 Å². The normalized spacial score (nSPS) is 19.6. The zero-order chi connectivity index (χ0) is 17.3. The van der Waals surface area contributed by atoms with Gasteiger partial charge in [0.25, 0.3) is 0 Å². The number of para-hydroxylation sites is 1. The minimum Gasteiger partial charge on any atom is -0.374 e. The molecule has 1 unspecified atom stereocenters. The van der Waals surface area contributed by atoms with Gasteiger partial charge in [-0.25, -0.2) is 20.0 Å². The van der Waals surface area contributed by atoms with E-state index in [4.69, 9.17) is 0 Å². The number of benzene rings is 2. The summed E-state index contributed by atoms with van der Waals surface area (Å²) >= 11 is 0. The van der Waals surface area contributed by atoms with Crippen LogP contribution < -0.4 is 11.0 Å². The topological polar surface area (TPSA) is 86.5 Å². The van der Waals surface area contributed by atoms with Crippen molar-refractivity contribution in [3.8, 4) is 11.3 Å². The molecule has 0 amide bonds. The van der Waals surface area contributed by atoms with E-state index >= 15 is 0 Å². The maximum atomic E-state index is 12.0. The largest absolute Gasteiger partial charge is 0.374 e. The Bertz CT molecular complexity index is 1340. The van der Waals surface area contributed by atoms with E-state index in [0.29, 0.717) is 29.0 Å². The van der Waals surface area contributed by atoms with E-state index < -0.39 is 5.60 Å². The van der Waals surface area contributed by atoms with Crippen molar-refractivity contribution in [1.29, 1.82) is 0 Å². The summed E-state index contributed by atoms with van der Waals surface area (Å²) in [5, 5.41) is 13.0. The molecule has 6 nitrogen and oxygen atoms in total. The Morgan fingerprint density at radius 2 is 1.65 bits per heavy atom. The predicted octanol–water partition coefficient (Wildman–Crippen LogP) is 1.43. The van der Waals surface area contributed by atoms with Gasteiger partial charge >= 0.3 is 0 Å². The zero-order valence-electron chi connectivity index (χ0n) is 13.6. The van der Waals surface area contributed by atoms with Gasteiger partial charge in [0.1, 0.15) is 12.4 Å². The highest BCUT2D eigenvalue weighted by molar-refractivity contribution is 5.88. The molecule has 1 aliphatic heterocycles. The highest BCUT2D eigenvalue weighted by Crippen LogP contribution is 2.49. The molecule has 6 rings (SSSR count). The summed E-state index contributed by atoms with van der Waals surface area (Å²) in [5.74, 6) is 0. The summed E-state index contributed by atoms with van der Waals surface area (Å²) in [4.78, 5) is 21.2. The first kappa shape index (κ1) is 13.9. The summed E-state index contributed by atoms with van der Waals surface area (Å²) in [7, 11) is 0. The maximum Gasteiger partial charge on any atom is 0.195 e. The number of aliphatic hydroxyl groups is 1. The van der Waals surface area contributed by atoms with Crippen LogP contribution in [0, 0.1) is 0 Å². The lowest BCUT2D eigenvalue weighted by Gasteiger charge is -2.24. The minimum atomic E-state index is -1.38. The van der Waals surface area contributed by atoms with Crippen LogP contribution in [0.25, 0.3) is 22.2 Å². The molecule has 0 saturated carbocycles. The van der Waals surface area contributed by atoms with E-state index in [0.717, 1.165) is 27.6 Å². The lowest BCUT2D eigenvalue weighted by atomic mass is 9.86. The van der Waals surface area contributed by atoms with Gasteiger partial charge in [0, 0.05) is 33.8 Å². The number of hydrogen-bond acceptors (Lipinski definition) is 5. The van der Waals surface area contributed by atoms with Crippen LogP contribution in [-0.4, -0.2) is 26.7 Å². The predicted molar refractivity (Wildman–Crippen MR) is 95.0 cm³/mol. The van der Waals surface area contributed by atoms with E-state index in [1.807, 2.05) is 54.7 Å². The quantitative estimate of drug-likeness (QED) is 0.550. The van der Waals surface area contributed by atoms with Crippen LogP contribution in [0.5, 0.6) is 0 Å². The summed E-state index contributed by atoms with van der Waals surface area (Å²) in [5.41, 5.74) is 4.24. The third-order valence-corrected chi connectivity index (χ3v) is 5.19. The molecule has 2 aliphatic rings. The van der Waals surface area contributed by atoms with Gasteiger partial charge in [-0.15, -0.1) is 0 Å². The van der Waals surface area contributed by atoms with E-state index in [1.54, 1.807) is 0 Å². The minimum absolute atomic E-state index is 0.339. The Labute approximate surface area is 147 Å². The van der Waals surface area contributed by atoms with Crippen molar-refractivity contribution in [3.05, 3.63) is 82.5 Å². The van der Waals surface area contributed by atoms with Crippen molar-refractivity contribution in [2.24, 2.45) is 9.98 Å². The average Bonchev–Trinajstić information content (AvgIpc) is 3.37. The molecule has 26 heavy (non-hydrogen) atoms. The molecule has 1 atom stereocenters. The van der Waals surface area contributed by atoms with Gasteiger partial charge in [0.15, 0.2) is 16.6 Å². The molecule has 3 heterocycles. The van der Waals surface area contributed by atoms with Gasteiger partial charge in [-0.2, -0.15) is 0 Å². The molecule has 6 heteroatoms. The SMILES string of the molecule is OC1(c2c[nH]c3ccccc23)c2ccccc2-c2nc3c(nc21)=NCN=3. The number of fused-ring (bicyclic) bond motifs is 5. The highest BCUT2D eigenvalue weighted by atomic mass is 16.3. The summed E-state index contributed by atoms with van der Waals surface area (Å²) < 4.78 is 0. The van der Waals surface area contributed by atoms with Gasteiger partial charge in [-0.1, -0.05) is 42.5 Å². The Hall–Kier alpha value is -3.38. The molecule has 0 saturated heterocycles. The summed E-state index contributed by atoms with van der Waals surface area (Å²) in [6.07, 6.45) is 1.85. The monoisotopic (exact) mass is 339 g/mol. The van der Waals surface area contributed by atoms with E-state index in [9.17, 15) is 5.11 Å². The summed E-state index contributed by atoms with van der Waals surface area (Å²) in [6, 6.07) is 15.7. The second-order valence-corrected chi connectivity index (χ2v) is 6.53. The van der Waals surface area contributed by atoms with Gasteiger partial charge in [0.2, 0.25) is 0 Å². The number of hydrogen-bond donors (Lipinski definition) is 2. The molecule has 2 N–H and O–H groups in total. The van der Waals surface area contributed by atoms with Crippen molar-refractivity contribution in [2.45, 2.75) is 5.60 Å². The van der Waals surface area contributed by atoms with Crippen molar-refractivity contribution in [2.75, 3.05) is 6.67 Å². The Balaban J connectivity index is 1.78. The third kappa shape index (κ3) is 1.55. The number of nitrogens with zero attached hydrogens (tertiary/aromatic N) is 4. The Morgan fingerprint density at radius 3 is 2.58 bits per heavy atom. The van der Waals surface area contributed by atoms with Crippen molar-refractivity contribution in [3.63, 3.8) is 0 Å². The molecule has 0 spiro atoms. The van der Waals surface area contributed by atoms with Crippen molar-refractivity contribution < 1.29 is 5.11 Å². The second-order valence-electron chi connectivity index (χ2n) is 6.53. The fraction of sp³-hybridized carbons (Fsp3) is 0.100. The molecule has 0 radical (unpaired) electrons. The molecule has 124 valence electrons. The molecule has 4 aromatic rings. The lowest BCUT2D eigenvalue weighted by molar-refractivity contribution is 0.127. The molecule has 0 fully saturated rings. The van der Waals surface area contributed by atoms with Crippen LogP contribution in [0.1, 0.15) is 16.8 Å². The van der Waals surface area contributed by atoms with Gasteiger partial charge in [-0.3, -0.25) is 0 Å². The lowest BCUT2D eigenvalue weighted by Crippen LogP contribution is -2.35. The standard InChI is InChI=1S/C20H13N5O/c26-20(14-9-21-15-8-4-2-5-11(14)15)13-7-3-1-6-12(13)16-17(20)25-19-18(24-16)22-10-23-19/h1-9,21,26H,10H2. The van der Waals surface area contributed by atoms with E-state index in [-0.39, 0.29) is 0 Å². The summed E-state index contributed by atoms with van der Waals surface area (Å²) in [6.45, 7) is 0.339. The number of rotatable bonds is 1. The van der Waals surface area contributed by atoms with E-state index in [1.165, 1.54) is 0 Å². The first-order chi connectivity index (χ1) is 12.8. The van der Waals surface area contributed by atoms with Crippen LogP contribution in [0.3, 0.4) is 0 Å². The van der Waals surface area contributed by atoms with Crippen LogP contribution in [-0.2, 0) is 5.60 Å². The third-order valence-electron chi connectivity index (χ3n) is 5.19. The van der Waals surface area contributed by atoms with Crippen molar-refractivity contribution >= 4 is 10.9 Å². The average molecular weight is 339 g/mol. The van der Waals surface area contributed by atoms with Crippen LogP contribution in [0.2, 0.25) is 0 Å². The molecular formula is C20H13N5O. The molecule has 2 aromatic carbocycles. The fourth-order valence-corrected chi connectivity index (χ4v) is 4.02. The second kappa shape index (κ2) is 4.62. The van der Waals surface area contributed by atoms with Gasteiger partial charge < -0.3 is 10.1 Å². The van der Waals surface area contributed by atoms with Crippen LogP contribution >= 0.6 is 0 Å². The highest BCUT2D eigenvalue weighted by Gasteiger charge is 2.47. The van der Waals surface area contributed by atoms with E-state index in [2.05, 4.69) is 24.9 Å². The number of H-pyrrole nitrogens is 1. The molecule has 1 aliphatic carbocycles. The molecule has 2 aromatic heterocycles. The number of nitrogens with one attached hydrogen (secondary N) is 1. The number of aromatic amines is 1. The van der Waals surface area contributed by atoms with Crippen molar-refractivity contribution in [1.82, 2.24) is 15.0 Å². The fourth-order valence-electron chi connectivity index (χ4n) is 4.02. The van der Waals surface area contributed by atoms with Crippen LogP contribution in [0.4, 0.5) is 0 Å². The Morgan fingerprint density at radius 1 is 0.885 bits per heavy atom. The number of aromatic nitrogens is 3. The molecule has 0 bridgehead atoms. The smallest absolute Gasteiger partial charge is 0.195 e. The maximum absolute atomic E-state index is 12.0. The van der Waals surface area contributed by atoms with Gasteiger partial charge in [0.05, 0.1) is 5.69 Å². The first-order valence-electron chi connectivity index (χ1n) is 8.43. The molecular weight excluding hydrogens is 326 g/mol. The Kier molecular flexibility index (Phi) is 2.46. The zero-order valence-corrected chi connectivity index (χ0v) is 13.6.